The van der Waals surface area contributed by atoms with Crippen molar-refractivity contribution in [1.82, 2.24) is 0 Å². The van der Waals surface area contributed by atoms with Crippen molar-refractivity contribution < 1.29 is 9.50 Å². The van der Waals surface area contributed by atoms with E-state index in [0.29, 0.717) is 17.9 Å². The van der Waals surface area contributed by atoms with Crippen LogP contribution in [0.2, 0.25) is 0 Å². The number of rotatable bonds is 2. The van der Waals surface area contributed by atoms with Gasteiger partial charge in [-0.1, -0.05) is 49.2 Å². The molecule has 0 amide bonds. The molecule has 0 heterocycles. The average Bonchev–Trinajstić information content (AvgIpc) is 2.55. The molecule has 3 heteroatoms. The van der Waals surface area contributed by atoms with Crippen molar-refractivity contribution >= 4 is 15.9 Å². The van der Waals surface area contributed by atoms with Gasteiger partial charge in [0.05, 0.1) is 5.60 Å². The van der Waals surface area contributed by atoms with E-state index < -0.39 is 5.60 Å². The Morgan fingerprint density at radius 3 is 2.62 bits per heavy atom. The lowest BCUT2D eigenvalue weighted by atomic mass is 9.76. The van der Waals surface area contributed by atoms with Crippen LogP contribution in [-0.2, 0) is 6.42 Å². The average molecular weight is 357 g/mol. The van der Waals surface area contributed by atoms with Gasteiger partial charge in [-0.3, -0.25) is 0 Å². The highest BCUT2D eigenvalue weighted by Gasteiger charge is 2.35. The standard InChI is InChI=1S/C18H26BrFO/c1-17(2,3)14-5-4-9-18(21,10-8-14)12-13-6-7-15(19)11-16(13)20/h6-7,11,14,21H,4-5,8-10,12H2,1-3H3. The van der Waals surface area contributed by atoms with Gasteiger partial charge < -0.3 is 5.11 Å². The summed E-state index contributed by atoms with van der Waals surface area (Å²) in [5, 5.41) is 10.9. The maximum atomic E-state index is 14.0. The van der Waals surface area contributed by atoms with Crippen LogP contribution < -0.4 is 0 Å². The van der Waals surface area contributed by atoms with Gasteiger partial charge in [0.15, 0.2) is 0 Å². The van der Waals surface area contributed by atoms with E-state index in [-0.39, 0.29) is 11.2 Å². The van der Waals surface area contributed by atoms with Crippen LogP contribution in [0.3, 0.4) is 0 Å². The molecule has 2 unspecified atom stereocenters. The minimum absolute atomic E-state index is 0.227. The van der Waals surface area contributed by atoms with Gasteiger partial charge in [0.1, 0.15) is 5.82 Å². The number of hydrogen-bond donors (Lipinski definition) is 1. The lowest BCUT2D eigenvalue weighted by Gasteiger charge is -2.31. The van der Waals surface area contributed by atoms with E-state index in [0.717, 1.165) is 36.6 Å². The Bertz CT molecular complexity index is 494. The fraction of sp³-hybridized carbons (Fsp3) is 0.667. The molecule has 2 atom stereocenters. The lowest BCUT2D eigenvalue weighted by molar-refractivity contribution is 0.0218. The summed E-state index contributed by atoms with van der Waals surface area (Å²) < 4.78 is 14.7. The van der Waals surface area contributed by atoms with Gasteiger partial charge in [-0.25, -0.2) is 4.39 Å². The summed E-state index contributed by atoms with van der Waals surface area (Å²) in [4.78, 5) is 0. The van der Waals surface area contributed by atoms with Gasteiger partial charge in [0.25, 0.3) is 0 Å². The first-order valence-electron chi connectivity index (χ1n) is 7.86. The Kier molecular flexibility index (Phi) is 5.15. The zero-order valence-corrected chi connectivity index (χ0v) is 14.8. The summed E-state index contributed by atoms with van der Waals surface area (Å²) in [6.07, 6.45) is 5.17. The third-order valence-corrected chi connectivity index (χ3v) is 5.41. The van der Waals surface area contributed by atoms with Gasteiger partial charge >= 0.3 is 0 Å². The van der Waals surface area contributed by atoms with Crippen molar-refractivity contribution in [1.29, 1.82) is 0 Å². The van der Waals surface area contributed by atoms with Gasteiger partial charge in [-0.05, 0) is 54.7 Å². The molecule has 1 nitrogen and oxygen atoms in total. The van der Waals surface area contributed by atoms with Gasteiger partial charge in [0.2, 0.25) is 0 Å². The van der Waals surface area contributed by atoms with Crippen LogP contribution in [-0.4, -0.2) is 10.7 Å². The summed E-state index contributed by atoms with van der Waals surface area (Å²) in [7, 11) is 0. The monoisotopic (exact) mass is 356 g/mol. The van der Waals surface area contributed by atoms with E-state index in [1.54, 1.807) is 6.07 Å². The van der Waals surface area contributed by atoms with Gasteiger partial charge in [-0.2, -0.15) is 0 Å². The first kappa shape index (κ1) is 17.0. The first-order chi connectivity index (χ1) is 9.70. The van der Waals surface area contributed by atoms with Gasteiger partial charge in [0, 0.05) is 10.9 Å². The van der Waals surface area contributed by atoms with E-state index in [2.05, 4.69) is 36.7 Å². The molecule has 0 bridgehead atoms. The molecule has 2 rings (SSSR count). The molecule has 1 aliphatic rings. The molecule has 1 N–H and O–H groups in total. The largest absolute Gasteiger partial charge is 0.390 e. The molecule has 1 aromatic rings. The molecule has 1 aliphatic carbocycles. The highest BCUT2D eigenvalue weighted by molar-refractivity contribution is 9.10. The van der Waals surface area contributed by atoms with Crippen LogP contribution in [0.5, 0.6) is 0 Å². The molecule has 0 aromatic heterocycles. The van der Waals surface area contributed by atoms with Crippen molar-refractivity contribution in [2.75, 3.05) is 0 Å². The number of aliphatic hydroxyl groups is 1. The van der Waals surface area contributed by atoms with E-state index in [1.807, 2.05) is 6.07 Å². The summed E-state index contributed by atoms with van der Waals surface area (Å²) >= 11 is 3.27. The van der Waals surface area contributed by atoms with Crippen molar-refractivity contribution in [3.63, 3.8) is 0 Å². The zero-order chi connectivity index (χ0) is 15.7. The fourth-order valence-corrected chi connectivity index (χ4v) is 3.79. The third-order valence-electron chi connectivity index (χ3n) is 4.91. The molecule has 0 radical (unpaired) electrons. The maximum Gasteiger partial charge on any atom is 0.127 e. The van der Waals surface area contributed by atoms with Crippen LogP contribution >= 0.6 is 15.9 Å². The van der Waals surface area contributed by atoms with Crippen molar-refractivity contribution in [3.05, 3.63) is 34.1 Å². The predicted molar refractivity (Wildman–Crippen MR) is 88.8 cm³/mol. The quantitative estimate of drug-likeness (QED) is 0.694. The Hall–Kier alpha value is -0.410. The second-order valence-electron chi connectivity index (χ2n) is 7.63. The third kappa shape index (κ3) is 4.53. The molecule has 0 spiro atoms. The molecular weight excluding hydrogens is 331 g/mol. The summed E-state index contributed by atoms with van der Waals surface area (Å²) in [5.74, 6) is 0.413. The Balaban J connectivity index is 2.08. The number of benzene rings is 1. The molecule has 1 fully saturated rings. The lowest BCUT2D eigenvalue weighted by Crippen LogP contribution is -2.31. The SMILES string of the molecule is CC(C)(C)C1CCCC(O)(Cc2ccc(Br)cc2F)CC1. The fourth-order valence-electron chi connectivity index (χ4n) is 3.45. The molecule has 1 saturated carbocycles. The minimum atomic E-state index is -0.755. The molecule has 1 aromatic carbocycles. The smallest absolute Gasteiger partial charge is 0.127 e. The molecule has 21 heavy (non-hydrogen) atoms. The van der Waals surface area contributed by atoms with Crippen molar-refractivity contribution in [3.8, 4) is 0 Å². The second-order valence-corrected chi connectivity index (χ2v) is 8.55. The van der Waals surface area contributed by atoms with E-state index >= 15 is 0 Å². The second kappa shape index (κ2) is 6.37. The molecule has 0 saturated heterocycles. The number of halogens is 2. The summed E-state index contributed by atoms with van der Waals surface area (Å²) in [6, 6.07) is 5.10. The van der Waals surface area contributed by atoms with Crippen LogP contribution in [0.1, 0.15) is 58.4 Å². The van der Waals surface area contributed by atoms with Crippen LogP contribution in [0.25, 0.3) is 0 Å². The van der Waals surface area contributed by atoms with Crippen LogP contribution in [0.4, 0.5) is 4.39 Å². The zero-order valence-electron chi connectivity index (χ0n) is 13.3. The predicted octanol–water partition coefficient (Wildman–Crippen LogP) is 5.49. The van der Waals surface area contributed by atoms with E-state index in [9.17, 15) is 9.50 Å². The molecule has 118 valence electrons. The topological polar surface area (TPSA) is 20.2 Å². The van der Waals surface area contributed by atoms with Crippen molar-refractivity contribution in [2.24, 2.45) is 11.3 Å². The maximum absolute atomic E-state index is 14.0. The summed E-state index contributed by atoms with van der Waals surface area (Å²) in [6.45, 7) is 6.82. The van der Waals surface area contributed by atoms with E-state index in [4.69, 9.17) is 0 Å². The van der Waals surface area contributed by atoms with Crippen LogP contribution in [0, 0.1) is 17.2 Å². The summed E-state index contributed by atoms with van der Waals surface area (Å²) in [5.41, 5.74) is 0.151. The van der Waals surface area contributed by atoms with Crippen molar-refractivity contribution in [2.45, 2.75) is 64.9 Å². The Morgan fingerprint density at radius 2 is 2.00 bits per heavy atom. The Morgan fingerprint density at radius 1 is 1.29 bits per heavy atom. The van der Waals surface area contributed by atoms with Crippen LogP contribution in [0.15, 0.2) is 22.7 Å². The Labute approximate surface area is 136 Å². The van der Waals surface area contributed by atoms with E-state index in [1.165, 1.54) is 6.07 Å². The first-order valence-corrected chi connectivity index (χ1v) is 8.65. The normalized spacial score (nSPS) is 27.4. The highest BCUT2D eigenvalue weighted by Crippen LogP contribution is 2.40. The highest BCUT2D eigenvalue weighted by atomic mass is 79.9. The molecular formula is C18H26BrFO. The number of hydrogen-bond acceptors (Lipinski definition) is 1. The van der Waals surface area contributed by atoms with Gasteiger partial charge in [-0.15, -0.1) is 0 Å². The minimum Gasteiger partial charge on any atom is -0.390 e. The molecule has 0 aliphatic heterocycles.